The van der Waals surface area contributed by atoms with E-state index in [2.05, 4.69) is 10.6 Å². The van der Waals surface area contributed by atoms with E-state index in [1.165, 1.54) is 13.0 Å². The Bertz CT molecular complexity index is 688. The topological polar surface area (TPSA) is 44.4 Å². The monoisotopic (exact) mass is 317 g/mol. The average Bonchev–Trinajstić information content (AvgIpc) is 2.49. The van der Waals surface area contributed by atoms with E-state index in [0.29, 0.717) is 5.69 Å². The molecule has 2 aromatic rings. The molecule has 0 aliphatic rings. The summed E-state index contributed by atoms with van der Waals surface area (Å²) in [6, 6.07) is 13.5. The molecule has 0 aromatic heterocycles. The van der Waals surface area contributed by atoms with Gasteiger partial charge in [0.2, 0.25) is 5.91 Å². The van der Waals surface area contributed by atoms with E-state index >= 15 is 0 Å². The lowest BCUT2D eigenvalue weighted by Gasteiger charge is -2.16. The van der Waals surface area contributed by atoms with Crippen molar-refractivity contribution in [2.75, 3.05) is 22.6 Å². The number of carbonyl (C=O) groups excluding carboxylic acids is 1. The fraction of sp³-hybridized carbons (Fsp3) is 0.125. The molecule has 0 spiro atoms. The number of hydrogen-bond donors (Lipinski definition) is 2. The second-order valence-corrected chi connectivity index (χ2v) is 5.09. The smallest absolute Gasteiger partial charge is 0.223 e. The van der Waals surface area contributed by atoms with Crippen LogP contribution in [0.1, 0.15) is 6.92 Å². The number of nitrogens with zero attached hydrogens (tertiary/aromatic N) is 1. The molecule has 0 saturated heterocycles. The first-order chi connectivity index (χ1) is 10.5. The third-order valence-electron chi connectivity index (χ3n) is 3.11. The molecule has 0 bridgehead atoms. The Morgan fingerprint density at radius 3 is 2.32 bits per heavy atom. The van der Waals surface area contributed by atoms with Gasteiger partial charge >= 0.3 is 0 Å². The summed E-state index contributed by atoms with van der Waals surface area (Å²) < 4.78 is 13.5. The number of rotatable bonds is 3. The van der Waals surface area contributed by atoms with E-state index in [1.54, 1.807) is 54.4 Å². The lowest BCUT2D eigenvalue weighted by atomic mass is 10.2. The molecule has 6 heteroatoms. The molecule has 1 amide bonds. The summed E-state index contributed by atoms with van der Waals surface area (Å²) in [5, 5.41) is 6.05. The van der Waals surface area contributed by atoms with Gasteiger partial charge in [-0.2, -0.15) is 0 Å². The Balaban J connectivity index is 2.00. The van der Waals surface area contributed by atoms with Crippen LogP contribution in [0.15, 0.2) is 48.5 Å². The highest BCUT2D eigenvalue weighted by atomic mass is 32.1. The van der Waals surface area contributed by atoms with Crippen molar-refractivity contribution in [2.45, 2.75) is 6.92 Å². The second kappa shape index (κ2) is 7.00. The van der Waals surface area contributed by atoms with Gasteiger partial charge in [0.05, 0.1) is 5.69 Å². The molecular formula is C16H16FN3OS. The Kier molecular flexibility index (Phi) is 5.06. The van der Waals surface area contributed by atoms with E-state index in [9.17, 15) is 9.18 Å². The maximum absolute atomic E-state index is 13.5. The van der Waals surface area contributed by atoms with E-state index in [0.717, 1.165) is 11.4 Å². The molecular weight excluding hydrogens is 301 g/mol. The first kappa shape index (κ1) is 15.9. The van der Waals surface area contributed by atoms with Crippen LogP contribution in [0.25, 0.3) is 0 Å². The molecule has 2 N–H and O–H groups in total. The summed E-state index contributed by atoms with van der Waals surface area (Å²) in [5.74, 6) is -0.414. The molecule has 2 rings (SSSR count). The van der Waals surface area contributed by atoms with Gasteiger partial charge in [-0.15, -0.1) is 0 Å². The van der Waals surface area contributed by atoms with Crippen LogP contribution in [0.2, 0.25) is 0 Å². The first-order valence-corrected chi connectivity index (χ1v) is 7.05. The molecule has 114 valence electrons. The summed E-state index contributed by atoms with van der Waals surface area (Å²) in [5.41, 5.74) is 1.84. The van der Waals surface area contributed by atoms with Crippen molar-refractivity contribution >= 4 is 40.3 Å². The maximum Gasteiger partial charge on any atom is 0.223 e. The highest BCUT2D eigenvalue weighted by Crippen LogP contribution is 2.18. The molecule has 0 atom stereocenters. The van der Waals surface area contributed by atoms with E-state index in [1.807, 2.05) is 0 Å². The van der Waals surface area contributed by atoms with E-state index in [-0.39, 0.29) is 16.8 Å². The van der Waals surface area contributed by atoms with Gasteiger partial charge in [0, 0.05) is 25.3 Å². The van der Waals surface area contributed by atoms with Gasteiger partial charge in [-0.25, -0.2) is 4.39 Å². The first-order valence-electron chi connectivity index (χ1n) is 6.64. The predicted octanol–water partition coefficient (Wildman–Crippen LogP) is 3.62. The fourth-order valence-corrected chi connectivity index (χ4v) is 2.03. The summed E-state index contributed by atoms with van der Waals surface area (Å²) in [6.07, 6.45) is 0. The number of hydrogen-bond acceptors (Lipinski definition) is 2. The number of carbonyl (C=O) groups is 1. The summed E-state index contributed by atoms with van der Waals surface area (Å²) in [6.45, 7) is 1.50. The number of amides is 1. The van der Waals surface area contributed by atoms with Crippen LogP contribution in [-0.4, -0.2) is 18.1 Å². The summed E-state index contributed by atoms with van der Waals surface area (Å²) in [4.78, 5) is 12.8. The number of para-hydroxylation sites is 1. The average molecular weight is 317 g/mol. The number of nitrogens with one attached hydrogen (secondary N) is 2. The number of benzene rings is 2. The van der Waals surface area contributed by atoms with Gasteiger partial charge in [0.15, 0.2) is 5.11 Å². The molecule has 0 unspecified atom stereocenters. The minimum absolute atomic E-state index is 0.0440. The zero-order valence-corrected chi connectivity index (χ0v) is 13.1. The van der Waals surface area contributed by atoms with Crippen molar-refractivity contribution < 1.29 is 9.18 Å². The van der Waals surface area contributed by atoms with Crippen molar-refractivity contribution in [2.24, 2.45) is 0 Å². The number of anilines is 3. The van der Waals surface area contributed by atoms with Gasteiger partial charge in [-0.05, 0) is 48.6 Å². The van der Waals surface area contributed by atoms with Crippen LogP contribution in [0.5, 0.6) is 0 Å². The van der Waals surface area contributed by atoms with Gasteiger partial charge in [0.25, 0.3) is 0 Å². The lowest BCUT2D eigenvalue weighted by Crippen LogP contribution is -2.23. The van der Waals surface area contributed by atoms with Crippen molar-refractivity contribution in [3.63, 3.8) is 0 Å². The second-order valence-electron chi connectivity index (χ2n) is 4.68. The molecule has 4 nitrogen and oxygen atoms in total. The predicted molar refractivity (Wildman–Crippen MR) is 91.8 cm³/mol. The van der Waals surface area contributed by atoms with Crippen LogP contribution >= 0.6 is 12.2 Å². The molecule has 2 aromatic carbocycles. The Morgan fingerprint density at radius 1 is 1.09 bits per heavy atom. The summed E-state index contributed by atoms with van der Waals surface area (Å²) >= 11 is 5.15. The van der Waals surface area contributed by atoms with Gasteiger partial charge in [-0.3, -0.25) is 4.79 Å². The Morgan fingerprint density at radius 2 is 1.73 bits per heavy atom. The van der Waals surface area contributed by atoms with Crippen LogP contribution in [0.3, 0.4) is 0 Å². The molecule has 0 heterocycles. The molecule has 0 saturated carbocycles. The van der Waals surface area contributed by atoms with Crippen LogP contribution in [0.4, 0.5) is 21.5 Å². The third-order valence-corrected chi connectivity index (χ3v) is 3.31. The minimum Gasteiger partial charge on any atom is -0.332 e. The van der Waals surface area contributed by atoms with E-state index in [4.69, 9.17) is 12.2 Å². The van der Waals surface area contributed by atoms with Crippen molar-refractivity contribution in [1.82, 2.24) is 0 Å². The van der Waals surface area contributed by atoms with Gasteiger partial charge in [-0.1, -0.05) is 12.1 Å². The van der Waals surface area contributed by atoms with Gasteiger partial charge in [0.1, 0.15) is 5.82 Å². The lowest BCUT2D eigenvalue weighted by molar-refractivity contribution is -0.116. The zero-order valence-electron chi connectivity index (χ0n) is 12.3. The minimum atomic E-state index is -0.370. The standard InChI is InChI=1S/C16H16FN3OS/c1-11(21)20(2)13-9-7-12(8-10-13)18-16(22)19-15-6-4-3-5-14(15)17/h3-10H,1-2H3,(H2,18,19,22). The number of halogens is 1. The zero-order chi connectivity index (χ0) is 16.1. The highest BCUT2D eigenvalue weighted by molar-refractivity contribution is 7.80. The maximum atomic E-state index is 13.5. The molecule has 0 radical (unpaired) electrons. The van der Waals surface area contributed by atoms with Crippen LogP contribution in [0, 0.1) is 5.82 Å². The fourth-order valence-electron chi connectivity index (χ4n) is 1.80. The van der Waals surface area contributed by atoms with Crippen molar-refractivity contribution in [3.05, 3.63) is 54.3 Å². The van der Waals surface area contributed by atoms with Crippen LogP contribution in [-0.2, 0) is 4.79 Å². The quantitative estimate of drug-likeness (QED) is 0.849. The Labute approximate surface area is 133 Å². The largest absolute Gasteiger partial charge is 0.332 e. The summed E-state index contributed by atoms with van der Waals surface area (Å²) in [7, 11) is 1.70. The Hall–Kier alpha value is -2.47. The molecule has 0 aliphatic heterocycles. The van der Waals surface area contributed by atoms with Crippen molar-refractivity contribution in [3.8, 4) is 0 Å². The molecule has 22 heavy (non-hydrogen) atoms. The van der Waals surface area contributed by atoms with Gasteiger partial charge < -0.3 is 15.5 Å². The highest BCUT2D eigenvalue weighted by Gasteiger charge is 2.06. The van der Waals surface area contributed by atoms with Crippen molar-refractivity contribution in [1.29, 1.82) is 0 Å². The molecule has 0 fully saturated rings. The number of thiocarbonyl (C=S) groups is 1. The SMILES string of the molecule is CC(=O)N(C)c1ccc(NC(=S)Nc2ccccc2F)cc1. The normalized spacial score (nSPS) is 9.95. The van der Waals surface area contributed by atoms with Crippen LogP contribution < -0.4 is 15.5 Å². The third kappa shape index (κ3) is 4.02. The van der Waals surface area contributed by atoms with E-state index < -0.39 is 0 Å². The molecule has 0 aliphatic carbocycles.